The standard InChI is InChI=1S/C25H29FN2O4/c1-4-16-32-18-12-10-17(11-13-18)23(29)21-22(19-8-5-6-9-20(19)26)28(25(31)24(21)30)15-7-14-27(2)3/h5-6,8-13,22,29H,4,7,14-16H2,1-3H3/t22-/m0/s1. The minimum Gasteiger partial charge on any atom is -0.507 e. The van der Waals surface area contributed by atoms with Crippen LogP contribution in [0.3, 0.4) is 0 Å². The van der Waals surface area contributed by atoms with Crippen molar-refractivity contribution < 1.29 is 23.8 Å². The van der Waals surface area contributed by atoms with Crippen LogP contribution in [0.2, 0.25) is 0 Å². The molecule has 1 aliphatic heterocycles. The second kappa shape index (κ2) is 10.4. The number of amides is 1. The van der Waals surface area contributed by atoms with E-state index in [2.05, 4.69) is 0 Å². The first-order valence-electron chi connectivity index (χ1n) is 10.8. The lowest BCUT2D eigenvalue weighted by molar-refractivity contribution is -0.140. The first kappa shape index (κ1) is 23.5. The van der Waals surface area contributed by atoms with Crippen LogP contribution in [0, 0.1) is 5.82 Å². The number of carbonyl (C=O) groups excluding carboxylic acids is 2. The van der Waals surface area contributed by atoms with E-state index in [9.17, 15) is 19.1 Å². The summed E-state index contributed by atoms with van der Waals surface area (Å²) in [5.74, 6) is -1.77. The lowest BCUT2D eigenvalue weighted by atomic mass is 9.95. The molecule has 3 rings (SSSR count). The summed E-state index contributed by atoms with van der Waals surface area (Å²) in [7, 11) is 3.83. The van der Waals surface area contributed by atoms with Gasteiger partial charge in [-0.15, -0.1) is 0 Å². The number of likely N-dealkylation sites (tertiary alicyclic amines) is 1. The summed E-state index contributed by atoms with van der Waals surface area (Å²) in [5, 5.41) is 11.0. The van der Waals surface area contributed by atoms with E-state index in [0.717, 1.165) is 6.42 Å². The number of nitrogens with zero attached hydrogens (tertiary/aromatic N) is 2. The van der Waals surface area contributed by atoms with E-state index in [1.807, 2.05) is 25.9 Å². The van der Waals surface area contributed by atoms with Crippen LogP contribution in [0.5, 0.6) is 5.75 Å². The lowest BCUT2D eigenvalue weighted by Gasteiger charge is -2.26. The first-order chi connectivity index (χ1) is 15.3. The van der Waals surface area contributed by atoms with Crippen molar-refractivity contribution in [3.63, 3.8) is 0 Å². The van der Waals surface area contributed by atoms with Gasteiger partial charge in [0.25, 0.3) is 11.7 Å². The minimum atomic E-state index is -0.991. The van der Waals surface area contributed by atoms with E-state index in [-0.39, 0.29) is 23.4 Å². The second-order valence-corrected chi connectivity index (χ2v) is 8.04. The Morgan fingerprint density at radius 1 is 1.12 bits per heavy atom. The number of carbonyl (C=O) groups is 2. The molecule has 7 heteroatoms. The fourth-order valence-electron chi connectivity index (χ4n) is 3.77. The van der Waals surface area contributed by atoms with Crippen molar-refractivity contribution in [3.8, 4) is 5.75 Å². The molecule has 1 aliphatic rings. The first-order valence-corrected chi connectivity index (χ1v) is 10.8. The fourth-order valence-corrected chi connectivity index (χ4v) is 3.77. The normalized spacial score (nSPS) is 17.9. The lowest BCUT2D eigenvalue weighted by Crippen LogP contribution is -2.32. The SMILES string of the molecule is CCCOc1ccc(C(O)=C2C(=O)C(=O)N(CCCN(C)C)[C@H]2c2ccccc2F)cc1. The number of Topliss-reactive ketones (excluding diaryl/α,β-unsaturated/α-hetero) is 1. The molecule has 1 N–H and O–H groups in total. The number of halogens is 1. The van der Waals surface area contributed by atoms with Gasteiger partial charge in [-0.1, -0.05) is 25.1 Å². The average molecular weight is 441 g/mol. The Labute approximate surface area is 187 Å². The number of aliphatic hydroxyl groups is 1. The Hall–Kier alpha value is -3.19. The zero-order valence-corrected chi connectivity index (χ0v) is 18.7. The highest BCUT2D eigenvalue weighted by molar-refractivity contribution is 6.46. The average Bonchev–Trinajstić information content (AvgIpc) is 3.02. The zero-order chi connectivity index (χ0) is 23.3. The predicted octanol–water partition coefficient (Wildman–Crippen LogP) is 3.99. The Kier molecular flexibility index (Phi) is 7.64. The number of hydrogen-bond acceptors (Lipinski definition) is 5. The van der Waals surface area contributed by atoms with Gasteiger partial charge in [0.15, 0.2) is 0 Å². The quantitative estimate of drug-likeness (QED) is 0.363. The molecule has 2 aromatic carbocycles. The van der Waals surface area contributed by atoms with Gasteiger partial charge in [-0.2, -0.15) is 0 Å². The topological polar surface area (TPSA) is 70.1 Å². The molecule has 0 radical (unpaired) electrons. The minimum absolute atomic E-state index is 0.104. The Morgan fingerprint density at radius 2 is 1.81 bits per heavy atom. The van der Waals surface area contributed by atoms with Gasteiger partial charge in [-0.25, -0.2) is 4.39 Å². The van der Waals surface area contributed by atoms with E-state index in [1.165, 1.54) is 11.0 Å². The maximum absolute atomic E-state index is 14.8. The van der Waals surface area contributed by atoms with Gasteiger partial charge in [-0.3, -0.25) is 9.59 Å². The molecular weight excluding hydrogens is 411 g/mol. The van der Waals surface area contributed by atoms with E-state index < -0.39 is 23.5 Å². The Bertz CT molecular complexity index is 1000. The van der Waals surface area contributed by atoms with Gasteiger partial charge in [0, 0.05) is 17.7 Å². The monoisotopic (exact) mass is 440 g/mol. The van der Waals surface area contributed by atoms with Crippen LogP contribution in [-0.4, -0.2) is 60.4 Å². The van der Waals surface area contributed by atoms with Gasteiger partial charge >= 0.3 is 0 Å². The molecular formula is C25H29FN2O4. The van der Waals surface area contributed by atoms with E-state index in [0.29, 0.717) is 30.9 Å². The third kappa shape index (κ3) is 4.99. The summed E-state index contributed by atoms with van der Waals surface area (Å²) in [5.41, 5.74) is 0.440. The van der Waals surface area contributed by atoms with Crippen LogP contribution in [-0.2, 0) is 9.59 Å². The van der Waals surface area contributed by atoms with Crippen molar-refractivity contribution in [2.45, 2.75) is 25.8 Å². The maximum atomic E-state index is 14.8. The molecule has 1 atom stereocenters. The van der Waals surface area contributed by atoms with E-state index in [1.54, 1.807) is 42.5 Å². The highest BCUT2D eigenvalue weighted by Crippen LogP contribution is 2.40. The van der Waals surface area contributed by atoms with Crippen molar-refractivity contribution in [2.24, 2.45) is 0 Å². The number of ether oxygens (including phenoxy) is 1. The van der Waals surface area contributed by atoms with E-state index >= 15 is 0 Å². The molecule has 0 aliphatic carbocycles. The fraction of sp³-hybridized carbons (Fsp3) is 0.360. The van der Waals surface area contributed by atoms with Gasteiger partial charge < -0.3 is 19.6 Å². The Balaban J connectivity index is 2.03. The number of hydrogen-bond donors (Lipinski definition) is 1. The predicted molar refractivity (Wildman–Crippen MR) is 121 cm³/mol. The largest absolute Gasteiger partial charge is 0.507 e. The number of ketones is 1. The molecule has 1 heterocycles. The van der Waals surface area contributed by atoms with Crippen molar-refractivity contribution in [2.75, 3.05) is 33.8 Å². The molecule has 170 valence electrons. The molecule has 1 fully saturated rings. The van der Waals surface area contributed by atoms with E-state index in [4.69, 9.17) is 4.74 Å². The van der Waals surface area contributed by atoms with Gasteiger partial charge in [-0.05, 0) is 63.8 Å². The van der Waals surface area contributed by atoms with Crippen LogP contribution in [0.25, 0.3) is 5.76 Å². The third-order valence-electron chi connectivity index (χ3n) is 5.34. The van der Waals surface area contributed by atoms with Gasteiger partial charge in [0.2, 0.25) is 0 Å². The third-order valence-corrected chi connectivity index (χ3v) is 5.34. The molecule has 0 aromatic heterocycles. The van der Waals surface area contributed by atoms with Crippen LogP contribution in [0.4, 0.5) is 4.39 Å². The Morgan fingerprint density at radius 3 is 2.44 bits per heavy atom. The molecule has 6 nitrogen and oxygen atoms in total. The number of aliphatic hydroxyl groups excluding tert-OH is 1. The van der Waals surface area contributed by atoms with Crippen LogP contribution in [0.15, 0.2) is 54.1 Å². The summed E-state index contributed by atoms with van der Waals surface area (Å²) in [6.07, 6.45) is 1.47. The van der Waals surface area contributed by atoms with Crippen LogP contribution in [0.1, 0.15) is 36.9 Å². The van der Waals surface area contributed by atoms with Crippen molar-refractivity contribution in [1.29, 1.82) is 0 Å². The molecule has 0 bridgehead atoms. The smallest absolute Gasteiger partial charge is 0.295 e. The van der Waals surface area contributed by atoms with Crippen LogP contribution < -0.4 is 4.74 Å². The summed E-state index contributed by atoms with van der Waals surface area (Å²) < 4.78 is 20.3. The molecule has 0 unspecified atom stereocenters. The summed E-state index contributed by atoms with van der Waals surface area (Å²) in [6, 6.07) is 11.7. The maximum Gasteiger partial charge on any atom is 0.295 e. The molecule has 2 aromatic rings. The molecule has 1 amide bonds. The van der Waals surface area contributed by atoms with Crippen molar-refractivity contribution in [1.82, 2.24) is 9.80 Å². The second-order valence-electron chi connectivity index (χ2n) is 8.04. The number of rotatable bonds is 9. The molecule has 1 saturated heterocycles. The van der Waals surface area contributed by atoms with Crippen molar-refractivity contribution in [3.05, 3.63) is 71.0 Å². The summed E-state index contributed by atoms with van der Waals surface area (Å²) in [6.45, 7) is 3.53. The zero-order valence-electron chi connectivity index (χ0n) is 18.7. The molecule has 32 heavy (non-hydrogen) atoms. The molecule has 0 saturated carbocycles. The number of benzene rings is 2. The van der Waals surface area contributed by atoms with Gasteiger partial charge in [0.1, 0.15) is 17.3 Å². The molecule has 0 spiro atoms. The highest BCUT2D eigenvalue weighted by Gasteiger charge is 2.46. The summed E-state index contributed by atoms with van der Waals surface area (Å²) >= 11 is 0. The van der Waals surface area contributed by atoms with Crippen LogP contribution >= 0.6 is 0 Å². The summed E-state index contributed by atoms with van der Waals surface area (Å²) in [4.78, 5) is 29.2. The van der Waals surface area contributed by atoms with Crippen molar-refractivity contribution >= 4 is 17.4 Å². The highest BCUT2D eigenvalue weighted by atomic mass is 19.1. The van der Waals surface area contributed by atoms with Gasteiger partial charge in [0.05, 0.1) is 18.2 Å².